The minimum Gasteiger partial charge on any atom is -0.444 e. The van der Waals surface area contributed by atoms with E-state index < -0.39 is 5.60 Å². The van der Waals surface area contributed by atoms with Crippen LogP contribution in [-0.2, 0) is 9.47 Å². The summed E-state index contributed by atoms with van der Waals surface area (Å²) in [5.41, 5.74) is -0.412. The molecular weight excluding hydrogens is 268 g/mol. The minimum absolute atomic E-state index is 0.170. The first-order valence-corrected chi connectivity index (χ1v) is 8.20. The van der Waals surface area contributed by atoms with Crippen LogP contribution in [0.15, 0.2) is 0 Å². The summed E-state index contributed by atoms with van der Waals surface area (Å²) >= 11 is 0. The van der Waals surface area contributed by atoms with Crippen molar-refractivity contribution in [2.45, 2.75) is 45.6 Å². The van der Waals surface area contributed by atoms with Crippen molar-refractivity contribution in [2.24, 2.45) is 11.8 Å². The number of hydrogen-bond acceptors (Lipinski definition) is 4. The summed E-state index contributed by atoms with van der Waals surface area (Å²) in [5, 5.41) is 3.55. The molecule has 2 aliphatic heterocycles. The van der Waals surface area contributed by atoms with E-state index in [0.717, 1.165) is 45.8 Å². The maximum Gasteiger partial charge on any atom is 0.410 e. The van der Waals surface area contributed by atoms with Gasteiger partial charge >= 0.3 is 6.09 Å². The number of nitrogens with zero attached hydrogens (tertiary/aromatic N) is 1. The Balaban J connectivity index is 1.68. The molecule has 5 nitrogen and oxygen atoms in total. The van der Waals surface area contributed by atoms with Gasteiger partial charge in [0.15, 0.2) is 0 Å². The number of ether oxygens (including phenoxy) is 2. The number of rotatable bonds is 4. The number of carbonyl (C=O) groups is 1. The highest BCUT2D eigenvalue weighted by Gasteiger charge is 2.27. The lowest BCUT2D eigenvalue weighted by Crippen LogP contribution is -2.45. The van der Waals surface area contributed by atoms with Crippen LogP contribution in [0.5, 0.6) is 0 Å². The van der Waals surface area contributed by atoms with E-state index in [-0.39, 0.29) is 6.09 Å². The Morgan fingerprint density at radius 1 is 1.29 bits per heavy atom. The van der Waals surface area contributed by atoms with E-state index in [0.29, 0.717) is 11.8 Å². The number of amides is 1. The SMILES string of the molecule is CC(C)(C)OC(=O)N1CCCC(CNCC2CCOC2)C1. The standard InChI is InChI=1S/C16H30N2O3/c1-16(2,3)21-15(19)18-7-4-5-13(11-18)9-17-10-14-6-8-20-12-14/h13-14,17H,4-12H2,1-3H3. The highest BCUT2D eigenvalue weighted by Crippen LogP contribution is 2.19. The Kier molecular flexibility index (Phi) is 5.88. The van der Waals surface area contributed by atoms with E-state index in [1.165, 1.54) is 12.8 Å². The largest absolute Gasteiger partial charge is 0.444 e. The lowest BCUT2D eigenvalue weighted by molar-refractivity contribution is 0.0166. The predicted molar refractivity (Wildman–Crippen MR) is 82.3 cm³/mol. The van der Waals surface area contributed by atoms with Crippen LogP contribution in [0, 0.1) is 11.8 Å². The zero-order chi connectivity index (χ0) is 15.3. The maximum atomic E-state index is 12.1. The Hall–Kier alpha value is -0.810. The van der Waals surface area contributed by atoms with E-state index in [1.54, 1.807) is 0 Å². The van der Waals surface area contributed by atoms with Crippen molar-refractivity contribution < 1.29 is 14.3 Å². The topological polar surface area (TPSA) is 50.8 Å². The molecule has 2 saturated heterocycles. The molecule has 0 aromatic carbocycles. The van der Waals surface area contributed by atoms with Gasteiger partial charge in [0.25, 0.3) is 0 Å². The van der Waals surface area contributed by atoms with Crippen LogP contribution in [0.25, 0.3) is 0 Å². The smallest absolute Gasteiger partial charge is 0.410 e. The fourth-order valence-electron chi connectivity index (χ4n) is 2.96. The Labute approximate surface area is 128 Å². The van der Waals surface area contributed by atoms with Crippen molar-refractivity contribution in [2.75, 3.05) is 39.4 Å². The van der Waals surface area contributed by atoms with E-state index in [9.17, 15) is 4.79 Å². The lowest BCUT2D eigenvalue weighted by Gasteiger charge is -2.34. The molecule has 0 aromatic rings. The monoisotopic (exact) mass is 298 g/mol. The molecule has 0 aliphatic carbocycles. The van der Waals surface area contributed by atoms with E-state index in [2.05, 4.69) is 5.32 Å². The van der Waals surface area contributed by atoms with Crippen LogP contribution in [0.3, 0.4) is 0 Å². The highest BCUT2D eigenvalue weighted by molar-refractivity contribution is 5.68. The molecule has 2 unspecified atom stereocenters. The predicted octanol–water partition coefficient (Wildman–Crippen LogP) is 2.26. The second kappa shape index (κ2) is 7.45. The van der Waals surface area contributed by atoms with Crippen LogP contribution >= 0.6 is 0 Å². The average Bonchev–Trinajstić information content (AvgIpc) is 2.90. The van der Waals surface area contributed by atoms with Crippen LogP contribution in [0.2, 0.25) is 0 Å². The van der Waals surface area contributed by atoms with Gasteiger partial charge in [-0.15, -0.1) is 0 Å². The molecule has 2 fully saturated rings. The van der Waals surface area contributed by atoms with Gasteiger partial charge in [-0.1, -0.05) is 0 Å². The number of piperidine rings is 1. The molecule has 0 bridgehead atoms. The lowest BCUT2D eigenvalue weighted by atomic mass is 9.98. The fraction of sp³-hybridized carbons (Fsp3) is 0.938. The third kappa shape index (κ3) is 5.83. The quantitative estimate of drug-likeness (QED) is 0.865. The molecule has 21 heavy (non-hydrogen) atoms. The first-order chi connectivity index (χ1) is 9.94. The number of nitrogens with one attached hydrogen (secondary N) is 1. The van der Waals surface area contributed by atoms with Crippen molar-refractivity contribution in [3.63, 3.8) is 0 Å². The van der Waals surface area contributed by atoms with Crippen LogP contribution in [-0.4, -0.2) is 56.0 Å². The van der Waals surface area contributed by atoms with Gasteiger partial charge in [0, 0.05) is 26.2 Å². The molecule has 0 aromatic heterocycles. The molecule has 2 aliphatic rings. The Morgan fingerprint density at radius 2 is 2.05 bits per heavy atom. The van der Waals surface area contributed by atoms with Crippen molar-refractivity contribution in [3.05, 3.63) is 0 Å². The van der Waals surface area contributed by atoms with E-state index in [1.807, 2.05) is 25.7 Å². The summed E-state index contributed by atoms with van der Waals surface area (Å²) in [6, 6.07) is 0. The Morgan fingerprint density at radius 3 is 2.71 bits per heavy atom. The molecular formula is C16H30N2O3. The fourth-order valence-corrected chi connectivity index (χ4v) is 2.96. The summed E-state index contributed by atoms with van der Waals surface area (Å²) in [4.78, 5) is 14.0. The minimum atomic E-state index is -0.412. The molecule has 0 saturated carbocycles. The third-order valence-corrected chi connectivity index (χ3v) is 4.06. The van der Waals surface area contributed by atoms with Crippen molar-refractivity contribution in [1.29, 1.82) is 0 Å². The number of likely N-dealkylation sites (tertiary alicyclic amines) is 1. The summed E-state index contributed by atoms with van der Waals surface area (Å²) in [7, 11) is 0. The third-order valence-electron chi connectivity index (χ3n) is 4.06. The highest BCUT2D eigenvalue weighted by atomic mass is 16.6. The summed E-state index contributed by atoms with van der Waals surface area (Å²) in [5.74, 6) is 1.20. The van der Waals surface area contributed by atoms with Gasteiger partial charge in [-0.3, -0.25) is 0 Å². The molecule has 5 heteroatoms. The number of carbonyl (C=O) groups excluding carboxylic acids is 1. The van der Waals surface area contributed by atoms with Crippen molar-refractivity contribution in [3.8, 4) is 0 Å². The zero-order valence-electron chi connectivity index (χ0n) is 13.7. The molecule has 1 N–H and O–H groups in total. The van der Waals surface area contributed by atoms with Gasteiger partial charge in [-0.2, -0.15) is 0 Å². The van der Waals surface area contributed by atoms with Crippen LogP contribution < -0.4 is 5.32 Å². The van der Waals surface area contributed by atoms with Crippen molar-refractivity contribution >= 4 is 6.09 Å². The second-order valence-electron chi connectivity index (χ2n) is 7.32. The van der Waals surface area contributed by atoms with Crippen molar-refractivity contribution in [1.82, 2.24) is 10.2 Å². The average molecular weight is 298 g/mol. The van der Waals surface area contributed by atoms with Crippen LogP contribution in [0.4, 0.5) is 4.79 Å². The molecule has 1 amide bonds. The molecule has 2 heterocycles. The van der Waals surface area contributed by atoms with Gasteiger partial charge in [0.05, 0.1) is 6.61 Å². The van der Waals surface area contributed by atoms with Gasteiger partial charge in [-0.05, 0) is 58.4 Å². The second-order valence-corrected chi connectivity index (χ2v) is 7.32. The first-order valence-electron chi connectivity index (χ1n) is 8.20. The van der Waals surface area contributed by atoms with E-state index in [4.69, 9.17) is 9.47 Å². The van der Waals surface area contributed by atoms with Gasteiger partial charge in [0.2, 0.25) is 0 Å². The van der Waals surface area contributed by atoms with E-state index >= 15 is 0 Å². The van der Waals surface area contributed by atoms with Crippen LogP contribution in [0.1, 0.15) is 40.0 Å². The summed E-state index contributed by atoms with van der Waals surface area (Å²) in [6.07, 6.45) is 3.25. The molecule has 2 atom stereocenters. The van der Waals surface area contributed by atoms with Gasteiger partial charge < -0.3 is 19.7 Å². The molecule has 0 radical (unpaired) electrons. The summed E-state index contributed by atoms with van der Waals surface area (Å²) in [6.45, 7) is 11.2. The maximum absolute atomic E-state index is 12.1. The van der Waals surface area contributed by atoms with Gasteiger partial charge in [-0.25, -0.2) is 4.79 Å². The Bertz CT molecular complexity index is 335. The summed E-state index contributed by atoms with van der Waals surface area (Å²) < 4.78 is 10.8. The van der Waals surface area contributed by atoms with Gasteiger partial charge in [0.1, 0.15) is 5.60 Å². The molecule has 0 spiro atoms. The number of hydrogen-bond donors (Lipinski definition) is 1. The normalized spacial score (nSPS) is 26.9. The molecule has 2 rings (SSSR count). The zero-order valence-corrected chi connectivity index (χ0v) is 13.7. The first kappa shape index (κ1) is 16.6. The molecule has 122 valence electrons.